The molecule has 2 rings (SSSR count). The summed E-state index contributed by atoms with van der Waals surface area (Å²) in [6.45, 7) is 7.80. The first kappa shape index (κ1) is 17.7. The van der Waals surface area contributed by atoms with Crippen molar-refractivity contribution < 1.29 is 14.0 Å². The average molecular weight is 328 g/mol. The smallest absolute Gasteiger partial charge is 0.313 e. The molecule has 0 aliphatic rings. The van der Waals surface area contributed by atoms with E-state index in [9.17, 15) is 14.0 Å². The van der Waals surface area contributed by atoms with Crippen LogP contribution in [0.2, 0.25) is 0 Å². The fourth-order valence-electron chi connectivity index (χ4n) is 2.53. The molecule has 0 fully saturated rings. The molecule has 0 saturated carbocycles. The van der Waals surface area contributed by atoms with Crippen LogP contribution < -0.4 is 10.6 Å². The quantitative estimate of drug-likeness (QED) is 0.846. The highest BCUT2D eigenvalue weighted by molar-refractivity contribution is 6.39. The number of nitrogens with one attached hydrogen (secondary N) is 2. The Morgan fingerprint density at radius 3 is 2.25 bits per heavy atom. The molecule has 0 heterocycles. The summed E-state index contributed by atoms with van der Waals surface area (Å²) in [4.78, 5) is 24.0. The molecule has 0 aromatic heterocycles. The van der Waals surface area contributed by atoms with E-state index in [1.54, 1.807) is 6.07 Å². The largest absolute Gasteiger partial charge is 0.341 e. The third-order valence-corrected chi connectivity index (χ3v) is 4.02. The summed E-state index contributed by atoms with van der Waals surface area (Å²) in [7, 11) is 0. The van der Waals surface area contributed by atoms with Gasteiger partial charge in [0.2, 0.25) is 0 Å². The highest BCUT2D eigenvalue weighted by Gasteiger charge is 2.19. The van der Waals surface area contributed by atoms with Gasteiger partial charge in [-0.1, -0.05) is 24.3 Å². The van der Waals surface area contributed by atoms with Crippen molar-refractivity contribution in [1.82, 2.24) is 5.32 Å². The minimum atomic E-state index is -0.895. The van der Waals surface area contributed by atoms with Gasteiger partial charge in [-0.15, -0.1) is 0 Å². The summed E-state index contributed by atoms with van der Waals surface area (Å²) in [5.74, 6) is -2.28. The minimum Gasteiger partial charge on any atom is -0.341 e. The number of hydrogen-bond donors (Lipinski definition) is 2. The molecule has 5 heteroatoms. The zero-order valence-electron chi connectivity index (χ0n) is 14.2. The third-order valence-electron chi connectivity index (χ3n) is 4.02. The van der Waals surface area contributed by atoms with Crippen LogP contribution in [0.25, 0.3) is 0 Å². The maximum absolute atomic E-state index is 13.5. The van der Waals surface area contributed by atoms with Crippen LogP contribution in [-0.2, 0) is 9.59 Å². The average Bonchev–Trinajstić information content (AvgIpc) is 2.52. The number of anilines is 1. The lowest BCUT2D eigenvalue weighted by Gasteiger charge is -2.18. The van der Waals surface area contributed by atoms with E-state index in [4.69, 9.17) is 0 Å². The van der Waals surface area contributed by atoms with Crippen molar-refractivity contribution in [3.05, 3.63) is 64.5 Å². The second-order valence-electron chi connectivity index (χ2n) is 5.92. The second-order valence-corrected chi connectivity index (χ2v) is 5.92. The summed E-state index contributed by atoms with van der Waals surface area (Å²) in [5.41, 5.74) is 4.26. The summed E-state index contributed by atoms with van der Waals surface area (Å²) < 4.78 is 13.5. The first-order chi connectivity index (χ1) is 11.3. The third kappa shape index (κ3) is 3.98. The molecule has 126 valence electrons. The van der Waals surface area contributed by atoms with E-state index in [1.807, 2.05) is 39.8 Å². The van der Waals surface area contributed by atoms with Crippen LogP contribution in [0, 0.1) is 26.6 Å². The summed E-state index contributed by atoms with van der Waals surface area (Å²) in [6.07, 6.45) is 0. The van der Waals surface area contributed by atoms with Crippen LogP contribution in [0.5, 0.6) is 0 Å². The van der Waals surface area contributed by atoms with E-state index in [2.05, 4.69) is 10.6 Å². The normalized spacial score (nSPS) is 11.7. The maximum atomic E-state index is 13.5. The number of halogens is 1. The lowest BCUT2D eigenvalue weighted by molar-refractivity contribution is -0.136. The van der Waals surface area contributed by atoms with Gasteiger partial charge < -0.3 is 10.6 Å². The molecule has 0 bridgehead atoms. The Morgan fingerprint density at radius 2 is 1.58 bits per heavy atom. The summed E-state index contributed by atoms with van der Waals surface area (Å²) in [6, 6.07) is 9.43. The molecular weight excluding hydrogens is 307 g/mol. The van der Waals surface area contributed by atoms with Gasteiger partial charge in [0.1, 0.15) is 5.82 Å². The topological polar surface area (TPSA) is 58.2 Å². The molecule has 0 spiro atoms. The van der Waals surface area contributed by atoms with Crippen LogP contribution in [0.4, 0.5) is 10.1 Å². The van der Waals surface area contributed by atoms with Gasteiger partial charge in [-0.2, -0.15) is 0 Å². The fourth-order valence-corrected chi connectivity index (χ4v) is 2.53. The Morgan fingerprint density at radius 1 is 0.958 bits per heavy atom. The Hall–Kier alpha value is -2.69. The van der Waals surface area contributed by atoms with Gasteiger partial charge in [0.25, 0.3) is 0 Å². The summed E-state index contributed by atoms with van der Waals surface area (Å²) >= 11 is 0. The Balaban J connectivity index is 2.07. The lowest BCUT2D eigenvalue weighted by atomic mass is 9.96. The van der Waals surface area contributed by atoms with Gasteiger partial charge in [-0.05, 0) is 62.1 Å². The van der Waals surface area contributed by atoms with Crippen molar-refractivity contribution in [3.63, 3.8) is 0 Å². The van der Waals surface area contributed by atoms with E-state index in [0.717, 1.165) is 16.7 Å². The van der Waals surface area contributed by atoms with Crippen LogP contribution in [0.15, 0.2) is 36.4 Å². The van der Waals surface area contributed by atoms with Gasteiger partial charge in [0, 0.05) is 0 Å². The van der Waals surface area contributed by atoms with Crippen molar-refractivity contribution >= 4 is 17.5 Å². The van der Waals surface area contributed by atoms with Crippen LogP contribution >= 0.6 is 0 Å². The molecule has 0 radical (unpaired) electrons. The van der Waals surface area contributed by atoms with Crippen molar-refractivity contribution in [2.75, 3.05) is 5.32 Å². The van der Waals surface area contributed by atoms with E-state index in [-0.39, 0.29) is 11.7 Å². The molecule has 2 N–H and O–H groups in total. The van der Waals surface area contributed by atoms with Crippen LogP contribution in [-0.4, -0.2) is 11.8 Å². The first-order valence-electron chi connectivity index (χ1n) is 7.73. The van der Waals surface area contributed by atoms with Crippen molar-refractivity contribution in [2.45, 2.75) is 33.7 Å². The number of para-hydroxylation sites is 1. The number of amides is 2. The second kappa shape index (κ2) is 7.25. The Labute approximate surface area is 141 Å². The Kier molecular flexibility index (Phi) is 5.34. The number of benzene rings is 2. The molecule has 2 aromatic carbocycles. The summed E-state index contributed by atoms with van der Waals surface area (Å²) in [5, 5.41) is 4.93. The molecule has 0 aliphatic heterocycles. The fraction of sp³-hybridized carbons (Fsp3) is 0.263. The predicted molar refractivity (Wildman–Crippen MR) is 92.2 cm³/mol. The number of aryl methyl sites for hydroxylation is 3. The van der Waals surface area contributed by atoms with Crippen molar-refractivity contribution in [3.8, 4) is 0 Å². The SMILES string of the molecule is Cc1cc(C)c(C(C)NC(=O)C(=O)Nc2ccccc2F)cc1C. The number of carbonyl (C=O) groups is 2. The van der Waals surface area contributed by atoms with Gasteiger partial charge in [0.15, 0.2) is 0 Å². The monoisotopic (exact) mass is 328 g/mol. The minimum absolute atomic E-state index is 0.0207. The highest BCUT2D eigenvalue weighted by Crippen LogP contribution is 2.21. The molecular formula is C19H21FN2O2. The van der Waals surface area contributed by atoms with Crippen LogP contribution in [0.3, 0.4) is 0 Å². The van der Waals surface area contributed by atoms with Gasteiger partial charge in [-0.25, -0.2) is 4.39 Å². The zero-order valence-corrected chi connectivity index (χ0v) is 14.2. The molecule has 2 aromatic rings. The lowest BCUT2D eigenvalue weighted by Crippen LogP contribution is -2.37. The van der Waals surface area contributed by atoms with Crippen molar-refractivity contribution in [2.24, 2.45) is 0 Å². The molecule has 0 saturated heterocycles. The number of carbonyl (C=O) groups excluding carboxylic acids is 2. The highest BCUT2D eigenvalue weighted by atomic mass is 19.1. The maximum Gasteiger partial charge on any atom is 0.313 e. The van der Waals surface area contributed by atoms with E-state index in [1.165, 1.54) is 23.8 Å². The predicted octanol–water partition coefficient (Wildman–Crippen LogP) is 3.57. The molecule has 0 aliphatic carbocycles. The molecule has 1 unspecified atom stereocenters. The molecule has 1 atom stereocenters. The van der Waals surface area contributed by atoms with E-state index >= 15 is 0 Å². The Bertz CT molecular complexity index is 787. The number of rotatable bonds is 3. The number of hydrogen-bond acceptors (Lipinski definition) is 2. The van der Waals surface area contributed by atoms with Gasteiger partial charge in [-0.3, -0.25) is 9.59 Å². The van der Waals surface area contributed by atoms with Crippen molar-refractivity contribution in [1.29, 1.82) is 0 Å². The molecule has 24 heavy (non-hydrogen) atoms. The van der Waals surface area contributed by atoms with Crippen LogP contribution in [0.1, 0.15) is 35.2 Å². The molecule has 2 amide bonds. The van der Waals surface area contributed by atoms with Gasteiger partial charge in [0.05, 0.1) is 11.7 Å². The van der Waals surface area contributed by atoms with E-state index in [0.29, 0.717) is 0 Å². The standard InChI is InChI=1S/C19H21FN2O2/c1-11-9-13(3)15(10-12(11)2)14(4)21-18(23)19(24)22-17-8-6-5-7-16(17)20/h5-10,14H,1-4H3,(H,21,23)(H,22,24). The van der Waals surface area contributed by atoms with Gasteiger partial charge >= 0.3 is 11.8 Å². The zero-order chi connectivity index (χ0) is 17.9. The molecule has 4 nitrogen and oxygen atoms in total. The first-order valence-corrected chi connectivity index (χ1v) is 7.73. The van der Waals surface area contributed by atoms with E-state index < -0.39 is 17.6 Å².